The van der Waals surface area contributed by atoms with E-state index in [1.54, 1.807) is 6.20 Å². The van der Waals surface area contributed by atoms with Crippen molar-refractivity contribution in [2.24, 2.45) is 0 Å². The Morgan fingerprint density at radius 1 is 1.53 bits per heavy atom. The van der Waals surface area contributed by atoms with Gasteiger partial charge < -0.3 is 5.32 Å². The van der Waals surface area contributed by atoms with Crippen LogP contribution in [-0.4, -0.2) is 10.9 Å². The number of halogens is 1. The van der Waals surface area contributed by atoms with Crippen molar-refractivity contribution < 1.29 is 4.79 Å². The highest BCUT2D eigenvalue weighted by Crippen LogP contribution is 2.16. The van der Waals surface area contributed by atoms with Crippen molar-refractivity contribution in [1.29, 1.82) is 0 Å². The van der Waals surface area contributed by atoms with Crippen molar-refractivity contribution in [3.8, 4) is 0 Å². The molecule has 2 aromatic rings. The fourth-order valence-corrected chi connectivity index (χ4v) is 2.35. The second-order valence-electron chi connectivity index (χ2n) is 3.57. The highest BCUT2D eigenvalue weighted by molar-refractivity contribution is 9.10. The fraction of sp³-hybridized carbons (Fsp3) is 0.167. The highest BCUT2D eigenvalue weighted by Gasteiger charge is 2.09. The Morgan fingerprint density at radius 2 is 2.35 bits per heavy atom. The van der Waals surface area contributed by atoms with Crippen LogP contribution < -0.4 is 5.32 Å². The van der Waals surface area contributed by atoms with Crippen LogP contribution in [0.25, 0.3) is 0 Å². The van der Waals surface area contributed by atoms with Gasteiger partial charge in [0.1, 0.15) is 5.01 Å². The minimum Gasteiger partial charge on any atom is -0.346 e. The van der Waals surface area contributed by atoms with Crippen molar-refractivity contribution in [2.45, 2.75) is 13.5 Å². The number of rotatable bonds is 3. The zero-order valence-corrected chi connectivity index (χ0v) is 11.6. The molecule has 0 aliphatic carbocycles. The topological polar surface area (TPSA) is 42.0 Å². The number of benzene rings is 1. The molecule has 0 fully saturated rings. The third kappa shape index (κ3) is 3.14. The van der Waals surface area contributed by atoms with Crippen LogP contribution in [0.1, 0.15) is 20.9 Å². The first-order valence-electron chi connectivity index (χ1n) is 5.09. The number of thiazole rings is 1. The number of aromatic nitrogens is 1. The van der Waals surface area contributed by atoms with E-state index in [4.69, 9.17) is 0 Å². The lowest BCUT2D eigenvalue weighted by molar-refractivity contribution is 0.0950. The van der Waals surface area contributed by atoms with Crippen LogP contribution in [-0.2, 0) is 6.54 Å². The number of nitrogens with one attached hydrogen (secondary N) is 1. The van der Waals surface area contributed by atoms with Gasteiger partial charge in [-0.1, -0.05) is 22.0 Å². The molecule has 1 heterocycles. The molecule has 0 saturated heterocycles. The number of nitrogens with zero attached hydrogens (tertiary/aromatic N) is 1. The van der Waals surface area contributed by atoms with Gasteiger partial charge in [0.05, 0.1) is 6.54 Å². The lowest BCUT2D eigenvalue weighted by Crippen LogP contribution is -2.23. The molecule has 0 spiro atoms. The summed E-state index contributed by atoms with van der Waals surface area (Å²) in [7, 11) is 0. The van der Waals surface area contributed by atoms with Crippen molar-refractivity contribution in [2.75, 3.05) is 0 Å². The molecule has 0 unspecified atom stereocenters. The third-order valence-electron chi connectivity index (χ3n) is 2.33. The van der Waals surface area contributed by atoms with Crippen LogP contribution in [0.3, 0.4) is 0 Å². The Morgan fingerprint density at radius 3 is 3.06 bits per heavy atom. The van der Waals surface area contributed by atoms with E-state index in [9.17, 15) is 4.79 Å². The van der Waals surface area contributed by atoms with Crippen molar-refractivity contribution >= 4 is 33.2 Å². The average Bonchev–Trinajstić information content (AvgIpc) is 2.82. The second kappa shape index (κ2) is 5.42. The van der Waals surface area contributed by atoms with Gasteiger partial charge in [0.2, 0.25) is 0 Å². The molecular weight excluding hydrogens is 300 g/mol. The number of amides is 1. The predicted octanol–water partition coefficient (Wildman–Crippen LogP) is 3.14. The SMILES string of the molecule is Cc1ccc(Br)cc1C(=O)NCc1nccs1. The van der Waals surface area contributed by atoms with Gasteiger partial charge in [-0.2, -0.15) is 0 Å². The molecule has 5 heteroatoms. The Kier molecular flexibility index (Phi) is 3.91. The Bertz CT molecular complexity index is 525. The molecular formula is C12H11BrN2OS. The Labute approximate surface area is 112 Å². The largest absolute Gasteiger partial charge is 0.346 e. The molecule has 1 N–H and O–H groups in total. The normalized spacial score (nSPS) is 10.2. The average molecular weight is 311 g/mol. The number of hydrogen-bond acceptors (Lipinski definition) is 3. The van der Waals surface area contributed by atoms with Crippen molar-refractivity contribution in [1.82, 2.24) is 10.3 Å². The van der Waals surface area contributed by atoms with Gasteiger partial charge >= 0.3 is 0 Å². The van der Waals surface area contributed by atoms with Gasteiger partial charge in [0.25, 0.3) is 5.91 Å². The number of carbonyl (C=O) groups is 1. The van der Waals surface area contributed by atoms with Crippen LogP contribution >= 0.6 is 27.3 Å². The summed E-state index contributed by atoms with van der Waals surface area (Å²) in [6.07, 6.45) is 1.73. The summed E-state index contributed by atoms with van der Waals surface area (Å²) in [5.74, 6) is -0.0704. The van der Waals surface area contributed by atoms with Gasteiger partial charge in [-0.15, -0.1) is 11.3 Å². The monoisotopic (exact) mass is 310 g/mol. The molecule has 17 heavy (non-hydrogen) atoms. The van der Waals surface area contributed by atoms with E-state index < -0.39 is 0 Å². The number of aryl methyl sites for hydroxylation is 1. The summed E-state index contributed by atoms with van der Waals surface area (Å²) in [6, 6.07) is 5.67. The maximum absolute atomic E-state index is 12.0. The summed E-state index contributed by atoms with van der Waals surface area (Å²) in [6.45, 7) is 2.40. The van der Waals surface area contributed by atoms with Crippen LogP contribution in [0.4, 0.5) is 0 Å². The van der Waals surface area contributed by atoms with E-state index in [0.29, 0.717) is 12.1 Å². The summed E-state index contributed by atoms with van der Waals surface area (Å²) < 4.78 is 0.905. The smallest absolute Gasteiger partial charge is 0.251 e. The molecule has 0 bridgehead atoms. The molecule has 0 aliphatic heterocycles. The van der Waals surface area contributed by atoms with Gasteiger partial charge in [-0.05, 0) is 24.6 Å². The van der Waals surface area contributed by atoms with E-state index >= 15 is 0 Å². The molecule has 1 amide bonds. The minimum atomic E-state index is -0.0704. The van der Waals surface area contributed by atoms with E-state index in [1.807, 2.05) is 30.5 Å². The molecule has 2 rings (SSSR count). The van der Waals surface area contributed by atoms with Gasteiger partial charge in [-0.3, -0.25) is 4.79 Å². The van der Waals surface area contributed by atoms with E-state index in [-0.39, 0.29) is 5.91 Å². The van der Waals surface area contributed by atoms with Crippen LogP contribution in [0.2, 0.25) is 0 Å². The number of carbonyl (C=O) groups excluding carboxylic acids is 1. The summed E-state index contributed by atoms with van der Waals surface area (Å²) in [5, 5.41) is 5.66. The third-order valence-corrected chi connectivity index (χ3v) is 3.60. The quantitative estimate of drug-likeness (QED) is 0.946. The zero-order valence-electron chi connectivity index (χ0n) is 9.24. The summed E-state index contributed by atoms with van der Waals surface area (Å²) >= 11 is 4.90. The Balaban J connectivity index is 2.07. The lowest BCUT2D eigenvalue weighted by Gasteiger charge is -2.06. The van der Waals surface area contributed by atoms with E-state index in [2.05, 4.69) is 26.2 Å². The molecule has 0 saturated carbocycles. The standard InChI is InChI=1S/C12H11BrN2OS/c1-8-2-3-9(13)6-10(8)12(16)15-7-11-14-4-5-17-11/h2-6H,7H2,1H3,(H,15,16). The van der Waals surface area contributed by atoms with Crippen molar-refractivity contribution in [3.05, 3.63) is 50.4 Å². The van der Waals surface area contributed by atoms with Crippen molar-refractivity contribution in [3.63, 3.8) is 0 Å². The Hall–Kier alpha value is -1.20. The number of hydrogen-bond donors (Lipinski definition) is 1. The van der Waals surface area contributed by atoms with Gasteiger partial charge in [0, 0.05) is 21.6 Å². The van der Waals surface area contributed by atoms with E-state index in [0.717, 1.165) is 15.0 Å². The molecule has 0 radical (unpaired) electrons. The second-order valence-corrected chi connectivity index (χ2v) is 5.46. The zero-order chi connectivity index (χ0) is 12.3. The molecule has 1 aromatic carbocycles. The van der Waals surface area contributed by atoms with E-state index in [1.165, 1.54) is 11.3 Å². The van der Waals surface area contributed by atoms with Crippen LogP contribution in [0.15, 0.2) is 34.2 Å². The van der Waals surface area contributed by atoms with Gasteiger partial charge in [-0.25, -0.2) is 4.98 Å². The summed E-state index contributed by atoms with van der Waals surface area (Å²) in [5.41, 5.74) is 1.65. The summed E-state index contributed by atoms with van der Waals surface area (Å²) in [4.78, 5) is 16.1. The molecule has 3 nitrogen and oxygen atoms in total. The first kappa shape index (κ1) is 12.3. The molecule has 0 atom stereocenters. The molecule has 1 aromatic heterocycles. The predicted molar refractivity (Wildman–Crippen MR) is 72.2 cm³/mol. The molecule has 0 aliphatic rings. The minimum absolute atomic E-state index is 0.0704. The lowest BCUT2D eigenvalue weighted by atomic mass is 10.1. The molecule has 88 valence electrons. The van der Waals surface area contributed by atoms with Crippen LogP contribution in [0, 0.1) is 6.92 Å². The fourth-order valence-electron chi connectivity index (χ4n) is 1.43. The highest BCUT2D eigenvalue weighted by atomic mass is 79.9. The first-order chi connectivity index (χ1) is 8.16. The maximum Gasteiger partial charge on any atom is 0.251 e. The maximum atomic E-state index is 12.0. The first-order valence-corrected chi connectivity index (χ1v) is 6.77. The van der Waals surface area contributed by atoms with Crippen LogP contribution in [0.5, 0.6) is 0 Å². The van der Waals surface area contributed by atoms with Gasteiger partial charge in [0.15, 0.2) is 0 Å².